The summed E-state index contributed by atoms with van der Waals surface area (Å²) in [6, 6.07) is 2.78. The van der Waals surface area contributed by atoms with Crippen LogP contribution in [0, 0.1) is 17.6 Å². The molecular formula is C16H18F2N3O. The Morgan fingerprint density at radius 2 is 2.09 bits per heavy atom. The summed E-state index contributed by atoms with van der Waals surface area (Å²) in [5.41, 5.74) is 0.193. The number of ether oxygens (including phenoxy) is 1. The summed E-state index contributed by atoms with van der Waals surface area (Å²) in [5, 5.41) is 6.11. The molecule has 2 heterocycles. The Bertz CT molecular complexity index is 583. The molecule has 0 amide bonds. The third-order valence-electron chi connectivity index (χ3n) is 3.96. The van der Waals surface area contributed by atoms with Crippen LogP contribution in [0.25, 0.3) is 0 Å². The predicted octanol–water partition coefficient (Wildman–Crippen LogP) is 2.37. The Morgan fingerprint density at radius 3 is 2.91 bits per heavy atom. The van der Waals surface area contributed by atoms with Crippen molar-refractivity contribution in [3.63, 3.8) is 0 Å². The van der Waals surface area contributed by atoms with Crippen molar-refractivity contribution < 1.29 is 13.5 Å². The first-order valence-corrected chi connectivity index (χ1v) is 7.43. The van der Waals surface area contributed by atoms with E-state index >= 15 is 0 Å². The van der Waals surface area contributed by atoms with Gasteiger partial charge in [0.15, 0.2) is 6.34 Å². The third-order valence-corrected chi connectivity index (χ3v) is 3.96. The molecule has 1 aromatic carbocycles. The standard InChI is InChI=1S/C16H18F2N3O/c17-12-1-2-14(18)13(7-12)16-15(8-20-10-21-16)22-9-11-3-5-19-6-4-11/h1-2,7-8,11,16,19H,3-6,9H2,(H,20,21)/t16-/m0/s1. The van der Waals surface area contributed by atoms with Crippen LogP contribution < -0.4 is 10.6 Å². The molecule has 0 spiro atoms. The number of rotatable bonds is 4. The molecule has 1 aromatic rings. The van der Waals surface area contributed by atoms with Crippen LogP contribution in [0.15, 0.2) is 35.2 Å². The fourth-order valence-electron chi connectivity index (χ4n) is 2.69. The predicted molar refractivity (Wildman–Crippen MR) is 79.3 cm³/mol. The molecule has 2 N–H and O–H groups in total. The van der Waals surface area contributed by atoms with E-state index < -0.39 is 17.7 Å². The van der Waals surface area contributed by atoms with Crippen LogP contribution in [0.2, 0.25) is 0 Å². The van der Waals surface area contributed by atoms with Gasteiger partial charge in [-0.2, -0.15) is 0 Å². The molecule has 0 unspecified atom stereocenters. The number of aliphatic imine (C=N–C) groups is 1. The molecule has 22 heavy (non-hydrogen) atoms. The number of nitrogens with zero attached hydrogens (tertiary/aromatic N) is 1. The average Bonchev–Trinajstić information content (AvgIpc) is 2.56. The molecule has 1 radical (unpaired) electrons. The number of hydrogen-bond acceptors (Lipinski definition) is 4. The summed E-state index contributed by atoms with van der Waals surface area (Å²) in [6.45, 7) is 2.52. The van der Waals surface area contributed by atoms with Gasteiger partial charge in [-0.1, -0.05) is 0 Å². The summed E-state index contributed by atoms with van der Waals surface area (Å²) in [5.74, 6) is -0.0193. The van der Waals surface area contributed by atoms with Crippen LogP contribution >= 0.6 is 0 Å². The Morgan fingerprint density at radius 1 is 1.27 bits per heavy atom. The molecule has 0 saturated carbocycles. The highest BCUT2D eigenvalue weighted by atomic mass is 19.1. The van der Waals surface area contributed by atoms with Gasteiger partial charge >= 0.3 is 0 Å². The van der Waals surface area contributed by atoms with Gasteiger partial charge in [-0.05, 0) is 50.0 Å². The molecule has 6 heteroatoms. The van der Waals surface area contributed by atoms with Crippen molar-refractivity contribution in [3.05, 3.63) is 47.4 Å². The second kappa shape index (κ2) is 6.87. The zero-order valence-electron chi connectivity index (χ0n) is 12.1. The third kappa shape index (κ3) is 3.44. The van der Waals surface area contributed by atoms with Crippen LogP contribution in [0.1, 0.15) is 24.4 Å². The van der Waals surface area contributed by atoms with Crippen molar-refractivity contribution in [1.82, 2.24) is 10.6 Å². The SMILES string of the molecule is Fc1ccc(F)c([C@@H]2N[C]=NC=C2OCC2CCNCC2)c1. The highest BCUT2D eigenvalue weighted by Crippen LogP contribution is 2.28. The summed E-state index contributed by atoms with van der Waals surface area (Å²) >= 11 is 0. The fourth-order valence-corrected chi connectivity index (χ4v) is 2.69. The van der Waals surface area contributed by atoms with Crippen LogP contribution in [0.3, 0.4) is 0 Å². The lowest BCUT2D eigenvalue weighted by molar-refractivity contribution is 0.130. The smallest absolute Gasteiger partial charge is 0.170 e. The minimum absolute atomic E-state index is 0.193. The van der Waals surface area contributed by atoms with Crippen LogP contribution in [0.5, 0.6) is 0 Å². The summed E-state index contributed by atoms with van der Waals surface area (Å²) in [7, 11) is 0. The van der Waals surface area contributed by atoms with Crippen molar-refractivity contribution in [3.8, 4) is 0 Å². The molecule has 117 valence electrons. The molecule has 4 nitrogen and oxygen atoms in total. The molecule has 2 aliphatic heterocycles. The van der Waals surface area contributed by atoms with E-state index in [0.29, 0.717) is 18.3 Å². The summed E-state index contributed by atoms with van der Waals surface area (Å²) < 4.78 is 33.2. The quantitative estimate of drug-likeness (QED) is 0.898. The van der Waals surface area contributed by atoms with Crippen molar-refractivity contribution in [2.24, 2.45) is 10.9 Å². The highest BCUT2D eigenvalue weighted by molar-refractivity contribution is 5.59. The maximum absolute atomic E-state index is 14.0. The van der Waals surface area contributed by atoms with Gasteiger partial charge in [-0.3, -0.25) is 0 Å². The molecular weight excluding hydrogens is 288 g/mol. The molecule has 2 aliphatic rings. The van der Waals surface area contributed by atoms with E-state index in [2.05, 4.69) is 22.0 Å². The average molecular weight is 306 g/mol. The lowest BCUT2D eigenvalue weighted by Gasteiger charge is -2.27. The summed E-state index contributed by atoms with van der Waals surface area (Å²) in [6.07, 6.45) is 6.18. The Kier molecular flexibility index (Phi) is 4.68. The van der Waals surface area contributed by atoms with Crippen LogP contribution in [-0.2, 0) is 4.74 Å². The maximum atomic E-state index is 14.0. The minimum atomic E-state index is -0.602. The first-order valence-electron chi connectivity index (χ1n) is 7.43. The Labute approximate surface area is 128 Å². The number of piperidine rings is 1. The normalized spacial score (nSPS) is 22.1. The number of hydrogen-bond donors (Lipinski definition) is 2. The molecule has 1 saturated heterocycles. The van der Waals surface area contributed by atoms with Crippen LogP contribution in [0.4, 0.5) is 8.78 Å². The topological polar surface area (TPSA) is 45.7 Å². The van der Waals surface area contributed by atoms with Gasteiger partial charge in [0, 0.05) is 5.56 Å². The Hall–Kier alpha value is -1.95. The first-order chi connectivity index (χ1) is 10.7. The minimum Gasteiger partial charge on any atom is -0.493 e. The van der Waals surface area contributed by atoms with Gasteiger partial charge in [0.1, 0.15) is 23.4 Å². The molecule has 1 atom stereocenters. The first kappa shape index (κ1) is 15.0. The van der Waals surface area contributed by atoms with E-state index in [1.165, 1.54) is 12.3 Å². The second-order valence-corrected chi connectivity index (χ2v) is 5.52. The van der Waals surface area contributed by atoms with Gasteiger partial charge in [-0.25, -0.2) is 13.8 Å². The van der Waals surface area contributed by atoms with E-state index in [1.54, 1.807) is 0 Å². The Balaban J connectivity index is 1.71. The van der Waals surface area contributed by atoms with Crippen LogP contribution in [-0.4, -0.2) is 26.0 Å². The maximum Gasteiger partial charge on any atom is 0.170 e. The highest BCUT2D eigenvalue weighted by Gasteiger charge is 2.25. The molecule has 3 rings (SSSR count). The van der Waals surface area contributed by atoms with Crippen molar-refractivity contribution in [2.75, 3.05) is 19.7 Å². The lowest BCUT2D eigenvalue weighted by Crippen LogP contribution is -2.31. The van der Waals surface area contributed by atoms with Gasteiger partial charge in [-0.15, -0.1) is 0 Å². The molecule has 0 aromatic heterocycles. The largest absolute Gasteiger partial charge is 0.493 e. The van der Waals surface area contributed by atoms with E-state index in [9.17, 15) is 8.78 Å². The molecule has 0 bridgehead atoms. The number of halogens is 2. The van der Waals surface area contributed by atoms with E-state index in [0.717, 1.165) is 38.1 Å². The van der Waals surface area contributed by atoms with Gasteiger partial charge in [0.25, 0.3) is 0 Å². The summed E-state index contributed by atoms with van der Waals surface area (Å²) in [4.78, 5) is 3.87. The molecule has 0 aliphatic carbocycles. The van der Waals surface area contributed by atoms with Gasteiger partial charge in [0.2, 0.25) is 0 Å². The van der Waals surface area contributed by atoms with Crippen molar-refractivity contribution in [1.29, 1.82) is 0 Å². The van der Waals surface area contributed by atoms with Crippen molar-refractivity contribution in [2.45, 2.75) is 18.9 Å². The van der Waals surface area contributed by atoms with E-state index in [4.69, 9.17) is 4.74 Å². The number of nitrogens with one attached hydrogen (secondary N) is 2. The van der Waals surface area contributed by atoms with E-state index in [-0.39, 0.29) is 5.56 Å². The van der Waals surface area contributed by atoms with Gasteiger partial charge < -0.3 is 15.4 Å². The second-order valence-electron chi connectivity index (χ2n) is 5.52. The van der Waals surface area contributed by atoms with Gasteiger partial charge in [0.05, 0.1) is 12.8 Å². The number of benzene rings is 1. The fraction of sp³-hybridized carbons (Fsp3) is 0.438. The zero-order chi connectivity index (χ0) is 15.4. The zero-order valence-corrected chi connectivity index (χ0v) is 12.1. The molecule has 1 fully saturated rings. The van der Waals surface area contributed by atoms with Crippen molar-refractivity contribution >= 4 is 6.34 Å². The monoisotopic (exact) mass is 306 g/mol. The van der Waals surface area contributed by atoms with E-state index in [1.807, 2.05) is 0 Å². The lowest BCUT2D eigenvalue weighted by atomic mass is 9.99.